The van der Waals surface area contributed by atoms with E-state index in [0.29, 0.717) is 51.0 Å². The molecule has 0 saturated heterocycles. The first-order valence-electron chi connectivity index (χ1n) is 11.5. The van der Waals surface area contributed by atoms with Crippen LogP contribution in [0.5, 0.6) is 0 Å². The highest BCUT2D eigenvalue weighted by atomic mass is 35.5. The molecule has 0 amide bonds. The van der Waals surface area contributed by atoms with E-state index in [4.69, 9.17) is 39.3 Å². The molecule has 0 aliphatic heterocycles. The maximum atomic E-state index is 13.5. The van der Waals surface area contributed by atoms with Crippen molar-refractivity contribution in [2.24, 2.45) is 0 Å². The maximum Gasteiger partial charge on any atom is 0.258 e. The van der Waals surface area contributed by atoms with Gasteiger partial charge < -0.3 is 4.52 Å². The van der Waals surface area contributed by atoms with Crippen molar-refractivity contribution in [3.05, 3.63) is 98.0 Å². The molecule has 0 radical (unpaired) electrons. The SMILES string of the molecule is CS(=O)(=O)c1ccc(CC(=O)Cc2cc(Cl)c(C3(c4noc(-c5ccc(F)c(Cl)c5)n4)CC3)c(Cl)c2)cc1. The van der Waals surface area contributed by atoms with Crippen LogP contribution in [0.4, 0.5) is 4.39 Å². The summed E-state index contributed by atoms with van der Waals surface area (Å²) in [5, 5.41) is 4.88. The van der Waals surface area contributed by atoms with Gasteiger partial charge in [0.15, 0.2) is 15.7 Å². The largest absolute Gasteiger partial charge is 0.334 e. The fourth-order valence-corrected chi connectivity index (χ4v) is 6.14. The summed E-state index contributed by atoms with van der Waals surface area (Å²) in [7, 11) is -3.30. The van der Waals surface area contributed by atoms with Crippen molar-refractivity contribution in [3.63, 3.8) is 0 Å². The number of carbonyl (C=O) groups excluding carboxylic acids is 1. The number of rotatable bonds is 8. The van der Waals surface area contributed by atoms with Gasteiger partial charge >= 0.3 is 0 Å². The Hall–Kier alpha value is -2.78. The highest BCUT2D eigenvalue weighted by Gasteiger charge is 2.52. The molecule has 1 aromatic heterocycles. The number of benzene rings is 3. The van der Waals surface area contributed by atoms with E-state index in [-0.39, 0.29) is 34.4 Å². The molecule has 6 nitrogen and oxygen atoms in total. The van der Waals surface area contributed by atoms with Crippen LogP contribution in [0.15, 0.2) is 64.0 Å². The molecule has 1 saturated carbocycles. The van der Waals surface area contributed by atoms with Gasteiger partial charge in [-0.1, -0.05) is 52.1 Å². The van der Waals surface area contributed by atoms with E-state index in [1.54, 1.807) is 24.3 Å². The zero-order chi connectivity index (χ0) is 27.2. The van der Waals surface area contributed by atoms with E-state index >= 15 is 0 Å². The van der Waals surface area contributed by atoms with Crippen molar-refractivity contribution in [2.45, 2.75) is 36.0 Å². The van der Waals surface area contributed by atoms with Crippen LogP contribution in [0, 0.1) is 5.82 Å². The number of nitrogens with zero attached hydrogens (tertiary/aromatic N) is 2. The number of Topliss-reactive ketones (excluding diaryl/α,β-unsaturated/α-hetero) is 1. The second-order valence-electron chi connectivity index (χ2n) is 9.38. The molecule has 196 valence electrons. The van der Waals surface area contributed by atoms with E-state index in [0.717, 1.165) is 6.26 Å². The summed E-state index contributed by atoms with van der Waals surface area (Å²) in [4.78, 5) is 17.4. The minimum Gasteiger partial charge on any atom is -0.334 e. The van der Waals surface area contributed by atoms with Crippen molar-refractivity contribution in [1.82, 2.24) is 10.1 Å². The first kappa shape index (κ1) is 26.8. The molecule has 1 aliphatic carbocycles. The van der Waals surface area contributed by atoms with E-state index in [9.17, 15) is 17.6 Å². The molecular formula is C27H20Cl3FN2O4S. The van der Waals surface area contributed by atoms with Gasteiger partial charge in [-0.2, -0.15) is 4.98 Å². The summed E-state index contributed by atoms with van der Waals surface area (Å²) in [6.45, 7) is 0. The summed E-state index contributed by atoms with van der Waals surface area (Å²) in [6.07, 6.45) is 2.80. The number of hydrogen-bond donors (Lipinski definition) is 0. The number of hydrogen-bond acceptors (Lipinski definition) is 6. The van der Waals surface area contributed by atoms with E-state index < -0.39 is 21.1 Å². The number of ketones is 1. The number of carbonyl (C=O) groups is 1. The molecule has 3 aromatic carbocycles. The predicted molar refractivity (Wildman–Crippen MR) is 143 cm³/mol. The summed E-state index contributed by atoms with van der Waals surface area (Å²) in [5.41, 5.74) is 1.90. The maximum absolute atomic E-state index is 13.5. The Labute approximate surface area is 233 Å². The number of halogens is 4. The zero-order valence-corrected chi connectivity index (χ0v) is 23.1. The second kappa shape index (κ2) is 10.1. The molecule has 5 rings (SSSR count). The highest BCUT2D eigenvalue weighted by molar-refractivity contribution is 7.90. The third-order valence-corrected chi connectivity index (χ3v) is 8.52. The molecule has 1 fully saturated rings. The van der Waals surface area contributed by atoms with Crippen molar-refractivity contribution < 1.29 is 22.1 Å². The van der Waals surface area contributed by atoms with Gasteiger partial charge in [-0.3, -0.25) is 4.79 Å². The smallest absolute Gasteiger partial charge is 0.258 e. The van der Waals surface area contributed by atoms with Crippen molar-refractivity contribution in [1.29, 1.82) is 0 Å². The monoisotopic (exact) mass is 592 g/mol. The molecule has 38 heavy (non-hydrogen) atoms. The summed E-state index contributed by atoms with van der Waals surface area (Å²) in [5.74, 6) is 0.0000165. The third kappa shape index (κ3) is 5.36. The normalized spacial score (nSPS) is 14.4. The summed E-state index contributed by atoms with van der Waals surface area (Å²) in [6, 6.07) is 13.8. The Morgan fingerprint density at radius 2 is 1.58 bits per heavy atom. The van der Waals surface area contributed by atoms with Gasteiger partial charge in [0.1, 0.15) is 11.6 Å². The molecule has 4 aromatic rings. The van der Waals surface area contributed by atoms with Crippen LogP contribution in [0.3, 0.4) is 0 Å². The van der Waals surface area contributed by atoms with E-state index in [1.165, 1.54) is 30.3 Å². The summed E-state index contributed by atoms with van der Waals surface area (Å²) >= 11 is 19.2. The highest BCUT2D eigenvalue weighted by Crippen LogP contribution is 2.56. The lowest BCUT2D eigenvalue weighted by Gasteiger charge is -2.16. The third-order valence-electron chi connectivity index (χ3n) is 6.51. The molecular weight excluding hydrogens is 574 g/mol. The zero-order valence-electron chi connectivity index (χ0n) is 20.0. The molecule has 0 unspecified atom stereocenters. The minimum absolute atomic E-state index is 0.0504. The lowest BCUT2D eigenvalue weighted by Crippen LogP contribution is -2.13. The second-order valence-corrected chi connectivity index (χ2v) is 12.6. The van der Waals surface area contributed by atoms with Gasteiger partial charge in [0.2, 0.25) is 0 Å². The average Bonchev–Trinajstić information content (AvgIpc) is 3.46. The van der Waals surface area contributed by atoms with E-state index in [1.807, 2.05) is 0 Å². The molecule has 1 heterocycles. The number of sulfone groups is 1. The molecule has 0 spiro atoms. The first-order valence-corrected chi connectivity index (χ1v) is 14.6. The fourth-order valence-electron chi connectivity index (χ4n) is 4.43. The summed E-state index contributed by atoms with van der Waals surface area (Å²) < 4.78 is 42.2. The minimum atomic E-state index is -3.30. The Bertz CT molecular complexity index is 1640. The van der Waals surface area contributed by atoms with Gasteiger partial charge in [-0.25, -0.2) is 12.8 Å². The van der Waals surface area contributed by atoms with Gasteiger partial charge in [-0.05, 0) is 66.4 Å². The molecule has 1 aliphatic rings. The van der Waals surface area contributed by atoms with Crippen LogP contribution < -0.4 is 0 Å². The topological polar surface area (TPSA) is 90.1 Å². The quantitative estimate of drug-likeness (QED) is 0.227. The van der Waals surface area contributed by atoms with Crippen molar-refractivity contribution in [2.75, 3.05) is 6.26 Å². The van der Waals surface area contributed by atoms with Crippen molar-refractivity contribution >= 4 is 50.4 Å². The van der Waals surface area contributed by atoms with Crippen LogP contribution in [0.1, 0.15) is 35.4 Å². The number of aromatic nitrogens is 2. The average molecular weight is 594 g/mol. The molecule has 0 N–H and O–H groups in total. The van der Waals surface area contributed by atoms with E-state index in [2.05, 4.69) is 10.1 Å². The molecule has 11 heteroatoms. The van der Waals surface area contributed by atoms with Crippen LogP contribution in [-0.2, 0) is 32.9 Å². The first-order chi connectivity index (χ1) is 18.0. The van der Waals surface area contributed by atoms with Gasteiger partial charge in [0, 0.05) is 40.3 Å². The van der Waals surface area contributed by atoms with Crippen molar-refractivity contribution in [3.8, 4) is 11.5 Å². The Balaban J connectivity index is 1.34. The van der Waals surface area contributed by atoms with Crippen LogP contribution in [0.25, 0.3) is 11.5 Å². The van der Waals surface area contributed by atoms with Crippen LogP contribution >= 0.6 is 34.8 Å². The van der Waals surface area contributed by atoms with Gasteiger partial charge in [-0.15, -0.1) is 0 Å². The Morgan fingerprint density at radius 3 is 2.16 bits per heavy atom. The Kier molecular flexibility index (Phi) is 7.11. The Morgan fingerprint density at radius 1 is 0.947 bits per heavy atom. The standard InChI is InChI=1S/C27H20Cl3FN2O4S/c1-38(35,36)19-5-2-15(3-6-19)10-18(34)11-16-12-21(29)24(22(30)13-16)27(8-9-27)26-32-25(37-33-26)17-4-7-23(31)20(28)14-17/h2-7,12-14H,8-11H2,1H3. The predicted octanol–water partition coefficient (Wildman–Crippen LogP) is 6.67. The molecule has 0 atom stereocenters. The fraction of sp³-hybridized carbons (Fsp3) is 0.222. The lowest BCUT2D eigenvalue weighted by molar-refractivity contribution is -0.117. The molecule has 0 bridgehead atoms. The lowest BCUT2D eigenvalue weighted by atomic mass is 9.92. The van der Waals surface area contributed by atoms with Crippen LogP contribution in [0.2, 0.25) is 15.1 Å². The van der Waals surface area contributed by atoms with Crippen LogP contribution in [-0.4, -0.2) is 30.6 Å². The van der Waals surface area contributed by atoms with Gasteiger partial charge in [0.25, 0.3) is 5.89 Å². The van der Waals surface area contributed by atoms with Gasteiger partial charge in [0.05, 0.1) is 15.3 Å².